The van der Waals surface area contributed by atoms with Gasteiger partial charge in [-0.2, -0.15) is 0 Å². The minimum absolute atomic E-state index is 0.0591. The third kappa shape index (κ3) is 1.59. The second-order valence-corrected chi connectivity index (χ2v) is 2.96. The van der Waals surface area contributed by atoms with Crippen molar-refractivity contribution in [2.75, 3.05) is 12.4 Å². The Morgan fingerprint density at radius 2 is 1.87 bits per heavy atom. The van der Waals surface area contributed by atoms with E-state index in [0.29, 0.717) is 11.0 Å². The first-order valence-electron chi connectivity index (χ1n) is 4.40. The van der Waals surface area contributed by atoms with E-state index < -0.39 is 5.97 Å². The molecule has 0 atom stereocenters. The first kappa shape index (κ1) is 9.39. The highest BCUT2D eigenvalue weighted by Gasteiger charge is 2.13. The molecule has 1 aromatic carbocycles. The van der Waals surface area contributed by atoms with Gasteiger partial charge in [-0.25, -0.2) is 14.8 Å². The summed E-state index contributed by atoms with van der Waals surface area (Å²) in [5.74, 6) is -0.807. The molecular formula is C10H9N3O2. The Kier molecular flexibility index (Phi) is 2.21. The second-order valence-electron chi connectivity index (χ2n) is 2.96. The maximum Gasteiger partial charge on any atom is 0.358 e. The molecule has 0 saturated carbocycles. The summed E-state index contributed by atoms with van der Waals surface area (Å²) in [5.41, 5.74) is 1.19. The van der Waals surface area contributed by atoms with Crippen LogP contribution in [0.2, 0.25) is 0 Å². The van der Waals surface area contributed by atoms with E-state index in [9.17, 15) is 4.79 Å². The lowest BCUT2D eigenvalue weighted by Gasteiger charge is -2.04. The molecule has 0 fully saturated rings. The van der Waals surface area contributed by atoms with Crippen LogP contribution in [0.4, 0.5) is 5.82 Å². The maximum absolute atomic E-state index is 10.9. The summed E-state index contributed by atoms with van der Waals surface area (Å²) in [6.07, 6.45) is 0. The standard InChI is InChI=1S/C10H9N3O2/c1-11-9-8(10(14)15)12-6-4-2-3-5-7(6)13-9/h2-5H,1H3,(H,11,13)(H,14,15). The normalized spacial score (nSPS) is 10.2. The topological polar surface area (TPSA) is 75.1 Å². The molecule has 2 N–H and O–H groups in total. The largest absolute Gasteiger partial charge is 0.476 e. The number of nitrogens with one attached hydrogen (secondary N) is 1. The van der Waals surface area contributed by atoms with Crippen molar-refractivity contribution < 1.29 is 9.90 Å². The lowest BCUT2D eigenvalue weighted by Crippen LogP contribution is -2.08. The number of benzene rings is 1. The highest BCUT2D eigenvalue weighted by atomic mass is 16.4. The van der Waals surface area contributed by atoms with Crippen LogP contribution in [0.3, 0.4) is 0 Å². The molecule has 0 aliphatic rings. The minimum Gasteiger partial charge on any atom is -0.476 e. The van der Waals surface area contributed by atoms with Crippen LogP contribution < -0.4 is 5.32 Å². The molecule has 1 heterocycles. The van der Waals surface area contributed by atoms with Gasteiger partial charge < -0.3 is 10.4 Å². The summed E-state index contributed by atoms with van der Waals surface area (Å²) in [6.45, 7) is 0. The molecule has 2 rings (SSSR count). The number of rotatable bonds is 2. The van der Waals surface area contributed by atoms with Gasteiger partial charge in [0.1, 0.15) is 0 Å². The molecule has 0 amide bonds. The Morgan fingerprint density at radius 3 is 2.40 bits per heavy atom. The quantitative estimate of drug-likeness (QED) is 0.770. The fourth-order valence-electron chi connectivity index (χ4n) is 1.32. The van der Waals surface area contributed by atoms with Crippen LogP contribution in [-0.4, -0.2) is 28.1 Å². The van der Waals surface area contributed by atoms with Crippen LogP contribution in [0.1, 0.15) is 10.5 Å². The molecule has 5 nitrogen and oxygen atoms in total. The summed E-state index contributed by atoms with van der Waals surface area (Å²) in [4.78, 5) is 19.1. The number of nitrogens with zero attached hydrogens (tertiary/aromatic N) is 2. The minimum atomic E-state index is -1.09. The summed E-state index contributed by atoms with van der Waals surface area (Å²) in [6, 6.07) is 7.14. The Hall–Kier alpha value is -2.17. The van der Waals surface area contributed by atoms with E-state index in [-0.39, 0.29) is 11.5 Å². The number of fused-ring (bicyclic) bond motifs is 1. The zero-order valence-electron chi connectivity index (χ0n) is 8.06. The smallest absolute Gasteiger partial charge is 0.358 e. The molecule has 0 unspecified atom stereocenters. The van der Waals surface area contributed by atoms with Gasteiger partial charge in [0.15, 0.2) is 11.5 Å². The zero-order chi connectivity index (χ0) is 10.8. The Bertz CT molecular complexity index is 525. The van der Waals surface area contributed by atoms with Crippen LogP contribution >= 0.6 is 0 Å². The van der Waals surface area contributed by atoms with Gasteiger partial charge in [-0.15, -0.1) is 0 Å². The van der Waals surface area contributed by atoms with Crippen molar-refractivity contribution in [2.24, 2.45) is 0 Å². The highest BCUT2D eigenvalue weighted by molar-refractivity contribution is 5.93. The predicted octanol–water partition coefficient (Wildman–Crippen LogP) is 1.37. The molecule has 15 heavy (non-hydrogen) atoms. The van der Waals surface area contributed by atoms with E-state index in [4.69, 9.17) is 5.11 Å². The second kappa shape index (κ2) is 3.53. The maximum atomic E-state index is 10.9. The summed E-state index contributed by atoms with van der Waals surface area (Å²) in [5, 5.41) is 11.6. The van der Waals surface area contributed by atoms with Crippen molar-refractivity contribution in [1.82, 2.24) is 9.97 Å². The Balaban J connectivity index is 2.74. The molecule has 0 spiro atoms. The van der Waals surface area contributed by atoms with Crippen molar-refractivity contribution in [3.8, 4) is 0 Å². The van der Waals surface area contributed by atoms with E-state index in [2.05, 4.69) is 15.3 Å². The van der Waals surface area contributed by atoms with Crippen molar-refractivity contribution in [1.29, 1.82) is 0 Å². The molecule has 76 valence electrons. The summed E-state index contributed by atoms with van der Waals surface area (Å²) >= 11 is 0. The number of aromatic carboxylic acids is 1. The molecular weight excluding hydrogens is 194 g/mol. The molecule has 0 radical (unpaired) electrons. The van der Waals surface area contributed by atoms with Crippen molar-refractivity contribution in [2.45, 2.75) is 0 Å². The van der Waals surface area contributed by atoms with Gasteiger partial charge in [-0.3, -0.25) is 0 Å². The van der Waals surface area contributed by atoms with E-state index >= 15 is 0 Å². The van der Waals surface area contributed by atoms with Crippen LogP contribution in [-0.2, 0) is 0 Å². The summed E-state index contributed by atoms with van der Waals surface area (Å²) in [7, 11) is 1.62. The molecule has 5 heteroatoms. The van der Waals surface area contributed by atoms with E-state index in [0.717, 1.165) is 0 Å². The van der Waals surface area contributed by atoms with Crippen LogP contribution in [0.15, 0.2) is 24.3 Å². The molecule has 0 saturated heterocycles. The number of hydrogen-bond donors (Lipinski definition) is 2. The van der Waals surface area contributed by atoms with E-state index in [1.165, 1.54) is 0 Å². The third-order valence-corrected chi connectivity index (χ3v) is 2.01. The lowest BCUT2D eigenvalue weighted by atomic mass is 10.3. The number of carboxylic acid groups (broad SMARTS) is 1. The van der Waals surface area contributed by atoms with Crippen molar-refractivity contribution in [3.63, 3.8) is 0 Å². The zero-order valence-corrected chi connectivity index (χ0v) is 8.06. The van der Waals surface area contributed by atoms with Gasteiger partial charge in [0.25, 0.3) is 0 Å². The number of carboxylic acids is 1. The number of carbonyl (C=O) groups is 1. The fourth-order valence-corrected chi connectivity index (χ4v) is 1.32. The van der Waals surface area contributed by atoms with Crippen LogP contribution in [0, 0.1) is 0 Å². The van der Waals surface area contributed by atoms with E-state index in [1.54, 1.807) is 25.2 Å². The highest BCUT2D eigenvalue weighted by Crippen LogP contribution is 2.15. The van der Waals surface area contributed by atoms with Crippen molar-refractivity contribution >= 4 is 22.8 Å². The molecule has 0 bridgehead atoms. The van der Waals surface area contributed by atoms with Gasteiger partial charge in [0.05, 0.1) is 11.0 Å². The van der Waals surface area contributed by atoms with Crippen LogP contribution in [0.5, 0.6) is 0 Å². The number of hydrogen-bond acceptors (Lipinski definition) is 4. The molecule has 0 aliphatic heterocycles. The molecule has 2 aromatic rings. The number of anilines is 1. The first-order chi connectivity index (χ1) is 7.22. The Morgan fingerprint density at radius 1 is 1.27 bits per heavy atom. The van der Waals surface area contributed by atoms with E-state index in [1.807, 2.05) is 6.07 Å². The van der Waals surface area contributed by atoms with Gasteiger partial charge in [-0.05, 0) is 12.1 Å². The molecule has 1 aromatic heterocycles. The monoisotopic (exact) mass is 203 g/mol. The van der Waals surface area contributed by atoms with Gasteiger partial charge in [0, 0.05) is 7.05 Å². The van der Waals surface area contributed by atoms with Gasteiger partial charge in [-0.1, -0.05) is 12.1 Å². The summed E-state index contributed by atoms with van der Waals surface area (Å²) < 4.78 is 0. The number of para-hydroxylation sites is 2. The third-order valence-electron chi connectivity index (χ3n) is 2.01. The average molecular weight is 203 g/mol. The fraction of sp³-hybridized carbons (Fsp3) is 0.100. The predicted molar refractivity (Wildman–Crippen MR) is 56.0 cm³/mol. The SMILES string of the molecule is CNc1nc2ccccc2nc1C(=O)O. The average Bonchev–Trinajstić information content (AvgIpc) is 2.27. The Labute approximate surface area is 85.8 Å². The van der Waals surface area contributed by atoms with Gasteiger partial charge >= 0.3 is 5.97 Å². The number of aromatic nitrogens is 2. The van der Waals surface area contributed by atoms with Gasteiger partial charge in [0.2, 0.25) is 0 Å². The first-order valence-corrected chi connectivity index (χ1v) is 4.40. The van der Waals surface area contributed by atoms with Crippen LogP contribution in [0.25, 0.3) is 11.0 Å². The van der Waals surface area contributed by atoms with Crippen molar-refractivity contribution in [3.05, 3.63) is 30.0 Å². The lowest BCUT2D eigenvalue weighted by molar-refractivity contribution is 0.0691. The molecule has 0 aliphatic carbocycles.